The lowest BCUT2D eigenvalue weighted by atomic mass is 9.84. The predicted octanol–water partition coefficient (Wildman–Crippen LogP) is 8.08. The molecule has 0 radical (unpaired) electrons. The number of thioether (sulfide) groups is 1. The second-order valence-electron chi connectivity index (χ2n) is 12.4. The fourth-order valence-electron chi connectivity index (χ4n) is 5.92. The zero-order valence-corrected chi connectivity index (χ0v) is 31.6. The monoisotopic (exact) mass is 732 g/mol. The summed E-state index contributed by atoms with van der Waals surface area (Å²) in [5, 5.41) is 0. The van der Waals surface area contributed by atoms with E-state index in [9.17, 15) is 14.4 Å². The zero-order chi connectivity index (χ0) is 38.2. The second-order valence-corrected chi connectivity index (χ2v) is 13.7. The Kier molecular flexibility index (Phi) is 15.0. The largest absolute Gasteiger partial charge is 0.601 e. The Balaban J connectivity index is 1.47. The van der Waals surface area contributed by atoms with Gasteiger partial charge in [0.05, 0.1) is 22.5 Å². The number of ether oxygens (including phenoxy) is 2. The number of benzene rings is 4. The molecule has 10 heteroatoms. The van der Waals surface area contributed by atoms with Gasteiger partial charge in [-0.05, 0) is 54.1 Å². The summed E-state index contributed by atoms with van der Waals surface area (Å²) in [5.74, 6) is -0.212. The van der Waals surface area contributed by atoms with Crippen LogP contribution in [-0.4, -0.2) is 84.7 Å². The third-order valence-corrected chi connectivity index (χ3v) is 10.1. The van der Waals surface area contributed by atoms with Gasteiger partial charge < -0.3 is 14.4 Å². The maximum absolute atomic E-state index is 13.4. The first-order chi connectivity index (χ1) is 25.6. The van der Waals surface area contributed by atoms with Crippen LogP contribution in [0.1, 0.15) is 59.3 Å². The Labute approximate surface area is 317 Å². The van der Waals surface area contributed by atoms with Crippen molar-refractivity contribution in [3.8, 4) is 0 Å². The molecule has 53 heavy (non-hydrogen) atoms. The normalized spacial score (nSPS) is 11.3. The van der Waals surface area contributed by atoms with E-state index < -0.39 is 16.8 Å². The fraction of sp³-hybridized carbons (Fsp3) is 0.256. The van der Waals surface area contributed by atoms with Gasteiger partial charge in [-0.2, -0.15) is 9.37 Å². The molecule has 9 nitrogen and oxygen atoms in total. The minimum atomic E-state index is -0.680. The molecule has 274 valence electrons. The average Bonchev–Trinajstić information content (AvgIpc) is 3.18. The molecule has 0 aliphatic heterocycles. The molecule has 4 aromatic rings. The molecule has 0 fully saturated rings. The molecule has 0 aliphatic rings. The van der Waals surface area contributed by atoms with Gasteiger partial charge in [-0.15, -0.1) is 11.8 Å². The van der Waals surface area contributed by atoms with Crippen molar-refractivity contribution in [3.63, 3.8) is 0 Å². The quantitative estimate of drug-likeness (QED) is 0.0336. The van der Waals surface area contributed by atoms with E-state index in [1.54, 1.807) is 30.0 Å². The van der Waals surface area contributed by atoms with E-state index in [2.05, 4.69) is 105 Å². The van der Waals surface area contributed by atoms with Crippen LogP contribution in [0.2, 0.25) is 0 Å². The summed E-state index contributed by atoms with van der Waals surface area (Å²) in [4.78, 5) is 44.4. The first-order valence-electron chi connectivity index (χ1n) is 17.4. The van der Waals surface area contributed by atoms with Gasteiger partial charge in [0.1, 0.15) is 25.7 Å². The lowest BCUT2D eigenvalue weighted by Crippen LogP contribution is -2.26. The number of aliphatic imine (C=N–C) groups is 1. The average molecular weight is 733 g/mol. The predicted molar refractivity (Wildman–Crippen MR) is 214 cm³/mol. The van der Waals surface area contributed by atoms with E-state index in [1.807, 2.05) is 36.3 Å². The number of carbonyl (C=O) groups is 3. The molecule has 0 atom stereocenters. The third kappa shape index (κ3) is 10.7. The summed E-state index contributed by atoms with van der Waals surface area (Å²) >= 11 is 1.79. The summed E-state index contributed by atoms with van der Waals surface area (Å²) in [6.07, 6.45) is 2.68. The molecule has 2 amide bonds. The molecule has 0 heterocycles. The van der Waals surface area contributed by atoms with Crippen LogP contribution in [0.15, 0.2) is 126 Å². The minimum Gasteiger partial charge on any atom is -0.461 e. The number of nitrogens with zero attached hydrogens (tertiary/aromatic N) is 4. The molecule has 0 bridgehead atoms. The van der Waals surface area contributed by atoms with Crippen molar-refractivity contribution in [1.82, 2.24) is 4.90 Å². The highest BCUT2D eigenvalue weighted by molar-refractivity contribution is 8.00. The summed E-state index contributed by atoms with van der Waals surface area (Å²) < 4.78 is 12.9. The number of hydrogen-bond donors (Lipinski definition) is 0. The smallest absolute Gasteiger partial charge is 0.461 e. The summed E-state index contributed by atoms with van der Waals surface area (Å²) in [6, 6.07) is 35.9. The Hall–Kier alpha value is -5.61. The summed E-state index contributed by atoms with van der Waals surface area (Å²) in [5.41, 5.74) is 5.07. The van der Waals surface area contributed by atoms with Crippen molar-refractivity contribution in [1.29, 1.82) is 0 Å². The minimum absolute atomic E-state index is 0.132. The van der Waals surface area contributed by atoms with Crippen molar-refractivity contribution in [2.45, 2.75) is 38.0 Å². The van der Waals surface area contributed by atoms with Gasteiger partial charge >= 0.3 is 18.0 Å². The molecule has 0 aliphatic carbocycles. The van der Waals surface area contributed by atoms with Crippen LogP contribution in [-0.2, 0) is 25.6 Å². The van der Waals surface area contributed by atoms with E-state index >= 15 is 0 Å². The van der Waals surface area contributed by atoms with Crippen LogP contribution in [0.3, 0.4) is 0 Å². The Morgan fingerprint density at radius 3 is 1.94 bits per heavy atom. The zero-order valence-electron chi connectivity index (χ0n) is 30.8. The molecular formula is C43H48N4O5S+2. The lowest BCUT2D eigenvalue weighted by molar-refractivity contribution is -0.410. The number of amides is 2. The second kappa shape index (κ2) is 19.8. The highest BCUT2D eigenvalue weighted by Gasteiger charge is 2.37. The fourth-order valence-corrected chi connectivity index (χ4v) is 7.40. The topological polar surface area (TPSA) is 91.3 Å². The highest BCUT2D eigenvalue weighted by atomic mass is 32.2. The maximum Gasteiger partial charge on any atom is 0.601 e. The molecule has 0 saturated carbocycles. The van der Waals surface area contributed by atoms with Crippen LogP contribution < -0.4 is 0 Å². The lowest BCUT2D eigenvalue weighted by Gasteiger charge is -2.35. The van der Waals surface area contributed by atoms with Gasteiger partial charge in [-0.25, -0.2) is 4.79 Å². The van der Waals surface area contributed by atoms with Crippen LogP contribution >= 0.6 is 11.8 Å². The van der Waals surface area contributed by atoms with Gasteiger partial charge in [-0.3, -0.25) is 9.79 Å². The van der Waals surface area contributed by atoms with E-state index in [0.717, 1.165) is 34.2 Å². The van der Waals surface area contributed by atoms with Gasteiger partial charge in [-0.1, -0.05) is 102 Å². The van der Waals surface area contributed by atoms with Crippen molar-refractivity contribution < 1.29 is 33.0 Å². The van der Waals surface area contributed by atoms with Crippen LogP contribution in [0.5, 0.6) is 0 Å². The van der Waals surface area contributed by atoms with E-state index in [-0.39, 0.29) is 31.2 Å². The Morgan fingerprint density at radius 1 is 0.868 bits per heavy atom. The van der Waals surface area contributed by atoms with Crippen LogP contribution in [0.25, 0.3) is 0 Å². The van der Waals surface area contributed by atoms with Crippen LogP contribution in [0, 0.1) is 0 Å². The van der Waals surface area contributed by atoms with Gasteiger partial charge in [0.25, 0.3) is 0 Å². The molecule has 0 N–H and O–H groups in total. The molecular weight excluding hydrogens is 685 g/mol. The SMILES string of the molecule is C=NC(=CN(C)CCC)C[N+](=C)C(=O)c1ccc([N+](=C)C(=O)OCCCSC(c2ccccc2)(c2ccccc2)c2ccccc2)c(COC(C)=O)c1. The summed E-state index contributed by atoms with van der Waals surface area (Å²) in [7, 11) is 1.92. The van der Waals surface area contributed by atoms with E-state index in [4.69, 9.17) is 9.47 Å². The first kappa shape index (κ1) is 40.2. The third-order valence-electron chi connectivity index (χ3n) is 8.43. The van der Waals surface area contributed by atoms with Crippen LogP contribution in [0.4, 0.5) is 10.5 Å². The van der Waals surface area contributed by atoms with Gasteiger partial charge in [0, 0.05) is 32.8 Å². The number of rotatable bonds is 18. The molecule has 4 rings (SSSR count). The standard InChI is InChI=1S/C43H48N4O5S/c1-7-26-45(4)30-39(44-3)31-46(5)41(49)34-24-25-40(35(29-34)32-52-33(2)48)47(6)42(50)51-27-17-28-53-43(36-18-11-8-12-19-36,37-20-13-9-14-21-37)38-22-15-10-16-23-38/h8-16,18-25,29-30H,3,5-7,17,26-28,31-32H2,1-2,4H3/q+2. The highest BCUT2D eigenvalue weighted by Crippen LogP contribution is 2.48. The maximum atomic E-state index is 13.4. The molecule has 0 aromatic heterocycles. The number of hydrogen-bond acceptors (Lipinski definition) is 8. The van der Waals surface area contributed by atoms with Crippen molar-refractivity contribution in [2.75, 3.05) is 32.5 Å². The van der Waals surface area contributed by atoms with Crippen molar-refractivity contribution in [3.05, 3.63) is 149 Å². The van der Waals surface area contributed by atoms with Crippen molar-refractivity contribution >= 4 is 55.6 Å². The van der Waals surface area contributed by atoms with Crippen molar-refractivity contribution in [2.24, 2.45) is 4.99 Å². The van der Waals surface area contributed by atoms with Gasteiger partial charge in [0.2, 0.25) is 5.69 Å². The molecule has 4 aromatic carbocycles. The molecule has 0 saturated heterocycles. The summed E-state index contributed by atoms with van der Waals surface area (Å²) in [6.45, 7) is 15.8. The Bertz CT molecular complexity index is 1830. The van der Waals surface area contributed by atoms with E-state index in [1.165, 1.54) is 11.5 Å². The first-order valence-corrected chi connectivity index (χ1v) is 18.4. The Morgan fingerprint density at radius 2 is 1.43 bits per heavy atom. The molecule has 0 spiro atoms. The number of carbonyl (C=O) groups excluding carboxylic acids is 3. The van der Waals surface area contributed by atoms with Gasteiger partial charge in [0.15, 0.2) is 6.54 Å². The molecule has 0 unspecified atom stereocenters. The van der Waals surface area contributed by atoms with E-state index in [0.29, 0.717) is 29.1 Å². The number of esters is 1.